The molecule has 9 heteroatoms. The molecule has 0 fully saturated rings. The van der Waals surface area contributed by atoms with E-state index in [2.05, 4.69) is 5.32 Å². The molecule has 204 valence electrons. The summed E-state index contributed by atoms with van der Waals surface area (Å²) in [6.07, 6.45) is 0.198. The fourth-order valence-corrected chi connectivity index (χ4v) is 5.34. The average molecular weight is 533 g/mol. The van der Waals surface area contributed by atoms with E-state index in [1.165, 1.54) is 11.0 Å². The Morgan fingerprint density at radius 3 is 2.62 bits per heavy atom. The van der Waals surface area contributed by atoms with Gasteiger partial charge in [-0.25, -0.2) is 4.79 Å². The first-order chi connectivity index (χ1) is 18.8. The molecule has 0 radical (unpaired) electrons. The molecule has 9 nitrogen and oxygen atoms in total. The molecule has 39 heavy (non-hydrogen) atoms. The van der Waals surface area contributed by atoms with Crippen molar-refractivity contribution in [2.75, 3.05) is 19.7 Å². The highest BCUT2D eigenvalue weighted by Gasteiger charge is 2.50. The maximum Gasteiger partial charge on any atom is 0.349 e. The quantitative estimate of drug-likeness (QED) is 0.380. The van der Waals surface area contributed by atoms with Gasteiger partial charge >= 0.3 is 5.63 Å². The fourth-order valence-electron chi connectivity index (χ4n) is 5.34. The Morgan fingerprint density at radius 2 is 1.85 bits per heavy atom. The van der Waals surface area contributed by atoms with Crippen molar-refractivity contribution >= 4 is 22.8 Å². The molecule has 4 atom stereocenters. The van der Waals surface area contributed by atoms with Gasteiger partial charge in [0.2, 0.25) is 5.91 Å². The number of rotatable bonds is 8. The van der Waals surface area contributed by atoms with E-state index in [0.717, 1.165) is 5.56 Å². The summed E-state index contributed by atoms with van der Waals surface area (Å²) in [4.78, 5) is 41.6. The average Bonchev–Trinajstić information content (AvgIpc) is 3.32. The van der Waals surface area contributed by atoms with Crippen LogP contribution in [0, 0.1) is 5.92 Å². The van der Waals surface area contributed by atoms with Crippen LogP contribution in [0.5, 0.6) is 5.75 Å². The highest BCUT2D eigenvalue weighted by molar-refractivity contribution is 5.98. The third kappa shape index (κ3) is 5.07. The molecule has 5 rings (SSSR count). The van der Waals surface area contributed by atoms with Gasteiger partial charge in [-0.3, -0.25) is 9.59 Å². The van der Waals surface area contributed by atoms with Gasteiger partial charge in [0.1, 0.15) is 29.1 Å². The highest BCUT2D eigenvalue weighted by atomic mass is 16.5. The van der Waals surface area contributed by atoms with Crippen LogP contribution in [-0.2, 0) is 4.79 Å². The number of amides is 2. The fraction of sp³-hybridized carbons (Fsp3) is 0.367. The third-order valence-corrected chi connectivity index (χ3v) is 7.32. The van der Waals surface area contributed by atoms with Gasteiger partial charge in [-0.05, 0) is 36.6 Å². The molecular formula is C30H32N2O7. The van der Waals surface area contributed by atoms with Crippen molar-refractivity contribution in [2.45, 2.75) is 44.4 Å². The number of hydrogen-bond acceptors (Lipinski definition) is 7. The summed E-state index contributed by atoms with van der Waals surface area (Å²) in [6.45, 7) is 4.08. The van der Waals surface area contributed by atoms with Gasteiger partial charge in [0.15, 0.2) is 0 Å². The first-order valence-electron chi connectivity index (χ1n) is 13.2. The van der Waals surface area contributed by atoms with E-state index >= 15 is 0 Å². The normalized spacial score (nSPS) is 21.6. The molecule has 1 aliphatic carbocycles. The number of hydrogen-bond donors (Lipinski definition) is 3. The Kier molecular flexibility index (Phi) is 7.54. The van der Waals surface area contributed by atoms with Gasteiger partial charge < -0.3 is 29.6 Å². The number of para-hydroxylation sites is 2. The van der Waals surface area contributed by atoms with Gasteiger partial charge in [0.25, 0.3) is 5.91 Å². The first kappa shape index (κ1) is 26.6. The molecule has 3 aromatic rings. The number of aliphatic hydroxyl groups excluding tert-OH is 2. The number of benzene rings is 2. The lowest BCUT2D eigenvalue weighted by Crippen LogP contribution is -2.56. The van der Waals surface area contributed by atoms with Crippen LogP contribution in [0.3, 0.4) is 0 Å². The van der Waals surface area contributed by atoms with E-state index < -0.39 is 41.6 Å². The van der Waals surface area contributed by atoms with Crippen LogP contribution in [0.1, 0.15) is 42.1 Å². The molecular weight excluding hydrogens is 500 g/mol. The molecule has 4 unspecified atom stereocenters. The molecule has 2 heterocycles. The Morgan fingerprint density at radius 1 is 1.10 bits per heavy atom. The summed E-state index contributed by atoms with van der Waals surface area (Å²) in [5, 5.41) is 24.2. The minimum absolute atomic E-state index is 0.0530. The van der Waals surface area contributed by atoms with Crippen LogP contribution in [-0.4, -0.2) is 64.9 Å². The summed E-state index contributed by atoms with van der Waals surface area (Å²) >= 11 is 0. The molecule has 0 saturated carbocycles. The number of nitrogens with zero attached hydrogens (tertiary/aromatic N) is 1. The van der Waals surface area contributed by atoms with Crippen molar-refractivity contribution in [3.05, 3.63) is 87.8 Å². The van der Waals surface area contributed by atoms with Crippen LogP contribution >= 0.6 is 0 Å². The van der Waals surface area contributed by atoms with Gasteiger partial charge in [-0.15, -0.1) is 0 Å². The van der Waals surface area contributed by atoms with E-state index in [1.807, 2.05) is 32.0 Å². The van der Waals surface area contributed by atoms with E-state index in [1.54, 1.807) is 36.4 Å². The second-order valence-corrected chi connectivity index (χ2v) is 10.3. The topological polar surface area (TPSA) is 129 Å². The Hall–Kier alpha value is -3.95. The maximum absolute atomic E-state index is 14.0. The molecule has 1 aromatic heterocycles. The minimum atomic E-state index is -1.18. The molecule has 0 bridgehead atoms. The van der Waals surface area contributed by atoms with Gasteiger partial charge in [-0.2, -0.15) is 0 Å². The predicted molar refractivity (Wildman–Crippen MR) is 145 cm³/mol. The molecule has 2 aliphatic rings. The lowest BCUT2D eigenvalue weighted by Gasteiger charge is -2.40. The SMILES string of the molecule is CC(C)CCN(C(=O)c1cc2ccccc2oc1=O)C1C=C(C(=O)NCCO)C2c3ccccc3OC2C1O. The number of fused-ring (bicyclic) bond motifs is 4. The zero-order valence-electron chi connectivity index (χ0n) is 21.9. The molecule has 2 aromatic carbocycles. The van der Waals surface area contributed by atoms with Crippen LogP contribution < -0.4 is 15.7 Å². The number of ether oxygens (including phenoxy) is 1. The van der Waals surface area contributed by atoms with Crippen molar-refractivity contribution in [3.63, 3.8) is 0 Å². The predicted octanol–water partition coefficient (Wildman–Crippen LogP) is 2.60. The summed E-state index contributed by atoms with van der Waals surface area (Å²) in [5.74, 6) is -0.787. The molecule has 1 aliphatic heterocycles. The van der Waals surface area contributed by atoms with Crippen molar-refractivity contribution in [1.82, 2.24) is 10.2 Å². The van der Waals surface area contributed by atoms with E-state index in [9.17, 15) is 24.6 Å². The lowest BCUT2D eigenvalue weighted by molar-refractivity contribution is -0.118. The number of nitrogens with one attached hydrogen (secondary N) is 1. The Labute approximate surface area is 225 Å². The monoisotopic (exact) mass is 532 g/mol. The Balaban J connectivity index is 1.59. The summed E-state index contributed by atoms with van der Waals surface area (Å²) in [5.41, 5.74) is 0.545. The summed E-state index contributed by atoms with van der Waals surface area (Å²) < 4.78 is 11.6. The minimum Gasteiger partial charge on any atom is -0.486 e. The van der Waals surface area contributed by atoms with Gasteiger partial charge in [0, 0.05) is 29.6 Å². The van der Waals surface area contributed by atoms with Gasteiger partial charge in [0.05, 0.1) is 18.6 Å². The standard InChI is InChI=1S/C30H32N2O7/c1-17(2)11-13-32(29(36)21-15-18-7-3-5-9-23(18)39-30(21)37)22-16-20(28(35)31-12-14-33)25-19-8-4-6-10-24(19)38-27(25)26(22)34/h3-10,15-17,22,25-27,33-34H,11-14H2,1-2H3,(H,31,35). The van der Waals surface area contributed by atoms with Crippen LogP contribution in [0.25, 0.3) is 11.0 Å². The number of carbonyl (C=O) groups excluding carboxylic acids is 2. The van der Waals surface area contributed by atoms with Crippen LogP contribution in [0.15, 0.2) is 75.5 Å². The smallest absolute Gasteiger partial charge is 0.349 e. The number of aliphatic hydroxyl groups is 2. The van der Waals surface area contributed by atoms with E-state index in [0.29, 0.717) is 28.7 Å². The van der Waals surface area contributed by atoms with E-state index in [-0.39, 0.29) is 31.2 Å². The molecule has 0 saturated heterocycles. The van der Waals surface area contributed by atoms with E-state index in [4.69, 9.17) is 9.15 Å². The second-order valence-electron chi connectivity index (χ2n) is 10.3. The zero-order valence-corrected chi connectivity index (χ0v) is 21.9. The third-order valence-electron chi connectivity index (χ3n) is 7.32. The summed E-state index contributed by atoms with van der Waals surface area (Å²) in [6, 6.07) is 14.8. The van der Waals surface area contributed by atoms with Crippen LogP contribution in [0.2, 0.25) is 0 Å². The maximum atomic E-state index is 14.0. The second kappa shape index (κ2) is 11.0. The van der Waals surface area contributed by atoms with Crippen molar-refractivity contribution in [2.24, 2.45) is 5.92 Å². The molecule has 0 spiro atoms. The molecule has 3 N–H and O–H groups in total. The van der Waals surface area contributed by atoms with Crippen molar-refractivity contribution < 1.29 is 29.0 Å². The zero-order chi connectivity index (χ0) is 27.7. The largest absolute Gasteiger partial charge is 0.486 e. The Bertz CT molecular complexity index is 1480. The van der Waals surface area contributed by atoms with Crippen LogP contribution in [0.4, 0.5) is 0 Å². The first-order valence-corrected chi connectivity index (χ1v) is 13.2. The van der Waals surface area contributed by atoms with Crippen molar-refractivity contribution in [3.8, 4) is 5.75 Å². The molecule has 2 amide bonds. The van der Waals surface area contributed by atoms with Gasteiger partial charge in [-0.1, -0.05) is 50.2 Å². The summed E-state index contributed by atoms with van der Waals surface area (Å²) in [7, 11) is 0. The number of carbonyl (C=O) groups is 2. The lowest BCUT2D eigenvalue weighted by atomic mass is 9.77. The van der Waals surface area contributed by atoms with Crippen molar-refractivity contribution in [1.29, 1.82) is 0 Å². The highest BCUT2D eigenvalue weighted by Crippen LogP contribution is 2.47.